The van der Waals surface area contributed by atoms with Gasteiger partial charge in [-0.3, -0.25) is 4.68 Å². The lowest BCUT2D eigenvalue weighted by Gasteiger charge is -2.28. The van der Waals surface area contributed by atoms with Crippen LogP contribution in [0.15, 0.2) is 73.1 Å². The van der Waals surface area contributed by atoms with Gasteiger partial charge in [0.25, 0.3) is 0 Å². The zero-order chi connectivity index (χ0) is 40.8. The van der Waals surface area contributed by atoms with Crippen molar-refractivity contribution in [1.82, 2.24) is 55.0 Å². The Kier molecular flexibility index (Phi) is 9.76. The zero-order valence-corrected chi connectivity index (χ0v) is 32.6. The summed E-state index contributed by atoms with van der Waals surface area (Å²) in [5, 5.41) is 50.1. The maximum absolute atomic E-state index is 15.1. The number of benzene rings is 3. The summed E-state index contributed by atoms with van der Waals surface area (Å²) in [5.41, 5.74) is 8.80. The van der Waals surface area contributed by atoms with Crippen molar-refractivity contribution < 1.29 is 8.78 Å². The fourth-order valence-electron chi connectivity index (χ4n) is 7.89. The Bertz CT molecular complexity index is 3070. The molecule has 3 aromatic carbocycles. The molecular weight excluding hydrogens is 749 g/mol. The van der Waals surface area contributed by atoms with Crippen LogP contribution in [-0.4, -0.2) is 82.9 Å². The van der Waals surface area contributed by atoms with Crippen molar-refractivity contribution in [2.75, 3.05) is 33.2 Å². The second-order valence-electron chi connectivity index (χ2n) is 15.1. The fraction of sp³-hybridized carbons (Fsp3) is 0.250. The van der Waals surface area contributed by atoms with Crippen LogP contribution < -0.4 is 5.32 Å². The van der Waals surface area contributed by atoms with E-state index in [-0.39, 0.29) is 11.6 Å². The van der Waals surface area contributed by atoms with Gasteiger partial charge in [0.05, 0.1) is 51.1 Å². The first-order valence-corrected chi connectivity index (χ1v) is 19.3. The van der Waals surface area contributed by atoms with Crippen molar-refractivity contribution in [3.8, 4) is 34.7 Å². The Labute approximate surface area is 337 Å². The largest absolute Gasteiger partial charge is 0.313 e. The maximum Gasteiger partial charge on any atom is 0.171 e. The summed E-state index contributed by atoms with van der Waals surface area (Å²) in [5.74, 6) is -0.381. The summed E-state index contributed by atoms with van der Waals surface area (Å²) < 4.78 is 33.2. The van der Waals surface area contributed by atoms with E-state index in [1.165, 1.54) is 6.07 Å². The molecule has 0 spiro atoms. The Balaban J connectivity index is 0.000000152. The van der Waals surface area contributed by atoms with E-state index in [9.17, 15) is 14.9 Å². The number of fused-ring (bicyclic) bond motifs is 4. The summed E-state index contributed by atoms with van der Waals surface area (Å²) in [7, 11) is 3.92. The second-order valence-corrected chi connectivity index (χ2v) is 15.1. The van der Waals surface area contributed by atoms with Crippen LogP contribution in [0, 0.1) is 41.2 Å². The lowest BCUT2D eigenvalue weighted by Crippen LogP contribution is -2.29. The standard InChI is InChI=1S/C22H20FN7.C22H17FN6/c1-13-12-30-22(25-13)16(11-24)9-20(28-30)15-7-18(23)17-10-19(26-27-21(17)8-15)14-3-5-29(2)6-4-14;1-29-12-17-7-15(6-16(11-24)22(17)28-29)20-10-18-19(23)8-14(9-21(18)27-26-20)13-2-4-25-5-3-13/h7-10,12,14H,3-6H2,1-2H3;2,6-10,12,25H,3-5H2,1H3. The van der Waals surface area contributed by atoms with Crippen molar-refractivity contribution in [1.29, 1.82) is 10.5 Å². The van der Waals surface area contributed by atoms with Crippen LogP contribution in [0.5, 0.6) is 0 Å². The smallest absolute Gasteiger partial charge is 0.171 e. The van der Waals surface area contributed by atoms with Gasteiger partial charge < -0.3 is 10.2 Å². The molecule has 0 atom stereocenters. The molecule has 13 nitrogen and oxygen atoms in total. The zero-order valence-electron chi connectivity index (χ0n) is 32.6. The molecule has 2 aliphatic rings. The SMILES string of the molecule is Cc1cn2nc(-c3cc(F)c4cc(C5CCN(C)CC5)nnc4c3)cc(C#N)c2n1.Cn1cc2cc(-c3cc4c(F)cc(C5=CCNCC5)cc4nn3)cc(C#N)c2n1. The molecule has 292 valence electrons. The third kappa shape index (κ3) is 7.34. The van der Waals surface area contributed by atoms with Crippen LogP contribution in [0.1, 0.15) is 53.3 Å². The molecule has 0 aliphatic carbocycles. The minimum absolute atomic E-state index is 0.309. The van der Waals surface area contributed by atoms with E-state index in [1.807, 2.05) is 31.3 Å². The van der Waals surface area contributed by atoms with Crippen LogP contribution in [0.2, 0.25) is 0 Å². The van der Waals surface area contributed by atoms with E-state index in [2.05, 4.69) is 71.1 Å². The first kappa shape index (κ1) is 37.5. The molecule has 7 heterocycles. The molecule has 15 heteroatoms. The Hall–Kier alpha value is -7.07. The van der Waals surface area contributed by atoms with E-state index in [0.29, 0.717) is 72.5 Å². The molecule has 2 aliphatic heterocycles. The van der Waals surface area contributed by atoms with Crippen LogP contribution in [0.4, 0.5) is 8.78 Å². The average Bonchev–Trinajstić information content (AvgIpc) is 3.84. The number of rotatable bonds is 4. The first-order valence-electron chi connectivity index (χ1n) is 19.3. The van der Waals surface area contributed by atoms with Gasteiger partial charge in [-0.25, -0.2) is 18.3 Å². The topological polar surface area (TPSA) is 162 Å². The fourth-order valence-corrected chi connectivity index (χ4v) is 7.89. The number of hydrogen-bond acceptors (Lipinski definition) is 11. The number of piperidine rings is 1. The number of nitrogens with zero attached hydrogens (tertiary/aromatic N) is 12. The molecule has 8 aromatic rings. The number of aromatic nitrogens is 9. The van der Waals surface area contributed by atoms with E-state index < -0.39 is 0 Å². The molecule has 0 amide bonds. The summed E-state index contributed by atoms with van der Waals surface area (Å²) in [6.45, 7) is 5.53. The molecule has 59 heavy (non-hydrogen) atoms. The van der Waals surface area contributed by atoms with E-state index in [0.717, 1.165) is 73.4 Å². The predicted octanol–water partition coefficient (Wildman–Crippen LogP) is 7.04. The monoisotopic (exact) mass is 785 g/mol. The van der Waals surface area contributed by atoms with E-state index >= 15 is 4.39 Å². The molecule has 1 N–H and O–H groups in total. The highest BCUT2D eigenvalue weighted by atomic mass is 19.1. The summed E-state index contributed by atoms with van der Waals surface area (Å²) in [6.07, 6.45) is 8.53. The van der Waals surface area contributed by atoms with Gasteiger partial charge in [-0.1, -0.05) is 6.08 Å². The second kappa shape index (κ2) is 15.4. The Morgan fingerprint density at radius 1 is 0.746 bits per heavy atom. The van der Waals surface area contributed by atoms with Gasteiger partial charge >= 0.3 is 0 Å². The minimum atomic E-state index is -0.367. The highest BCUT2D eigenvalue weighted by Crippen LogP contribution is 2.32. The number of hydrogen-bond donors (Lipinski definition) is 1. The minimum Gasteiger partial charge on any atom is -0.313 e. The number of nitriles is 2. The number of likely N-dealkylation sites (tertiary alicyclic amines) is 1. The summed E-state index contributed by atoms with van der Waals surface area (Å²) >= 11 is 0. The van der Waals surface area contributed by atoms with Crippen molar-refractivity contribution in [3.05, 3.63) is 113 Å². The van der Waals surface area contributed by atoms with Crippen LogP contribution in [0.3, 0.4) is 0 Å². The molecule has 1 saturated heterocycles. The molecule has 0 unspecified atom stereocenters. The van der Waals surface area contributed by atoms with Gasteiger partial charge in [-0.15, -0.1) is 10.2 Å². The third-order valence-corrected chi connectivity index (χ3v) is 11.0. The number of imidazole rings is 1. The van der Waals surface area contributed by atoms with Gasteiger partial charge in [0.1, 0.15) is 29.3 Å². The van der Waals surface area contributed by atoms with Crippen molar-refractivity contribution >= 4 is 43.9 Å². The molecule has 0 saturated carbocycles. The first-order chi connectivity index (χ1) is 28.6. The van der Waals surface area contributed by atoms with E-state index in [4.69, 9.17) is 0 Å². The third-order valence-electron chi connectivity index (χ3n) is 11.0. The summed E-state index contributed by atoms with van der Waals surface area (Å²) in [6, 6.07) is 19.7. The van der Waals surface area contributed by atoms with Crippen LogP contribution >= 0.6 is 0 Å². The number of halogens is 2. The van der Waals surface area contributed by atoms with Gasteiger partial charge in [0.2, 0.25) is 0 Å². The molecule has 5 aromatic heterocycles. The molecule has 0 bridgehead atoms. The lowest BCUT2D eigenvalue weighted by molar-refractivity contribution is 0.253. The Morgan fingerprint density at radius 2 is 1.46 bits per heavy atom. The van der Waals surface area contributed by atoms with Crippen molar-refractivity contribution in [2.24, 2.45) is 7.05 Å². The normalized spacial score (nSPS) is 14.9. The Morgan fingerprint density at radius 3 is 2.20 bits per heavy atom. The number of aryl methyl sites for hydroxylation is 2. The van der Waals surface area contributed by atoms with Gasteiger partial charge in [-0.05, 0) is 119 Å². The summed E-state index contributed by atoms with van der Waals surface area (Å²) in [4.78, 5) is 6.61. The van der Waals surface area contributed by atoms with Gasteiger partial charge in [0, 0.05) is 53.0 Å². The van der Waals surface area contributed by atoms with Crippen LogP contribution in [-0.2, 0) is 7.05 Å². The lowest BCUT2D eigenvalue weighted by atomic mass is 9.93. The predicted molar refractivity (Wildman–Crippen MR) is 220 cm³/mol. The van der Waals surface area contributed by atoms with Gasteiger partial charge in [0.15, 0.2) is 5.65 Å². The molecule has 10 rings (SSSR count). The highest BCUT2D eigenvalue weighted by molar-refractivity contribution is 5.91. The highest BCUT2D eigenvalue weighted by Gasteiger charge is 2.22. The van der Waals surface area contributed by atoms with E-state index in [1.54, 1.807) is 52.8 Å². The average molecular weight is 786 g/mol. The van der Waals surface area contributed by atoms with Crippen molar-refractivity contribution in [3.63, 3.8) is 0 Å². The molecule has 1 fully saturated rings. The quantitative estimate of drug-likeness (QED) is 0.195. The van der Waals surface area contributed by atoms with Crippen molar-refractivity contribution in [2.45, 2.75) is 32.1 Å². The van der Waals surface area contributed by atoms with Crippen LogP contribution in [0.25, 0.3) is 66.4 Å². The molecular formula is C44H37F2N13. The molecule has 0 radical (unpaired) electrons. The number of nitrogens with one attached hydrogen (secondary N) is 1. The maximum atomic E-state index is 15.1. The van der Waals surface area contributed by atoms with Gasteiger partial charge in [-0.2, -0.15) is 30.9 Å².